The maximum absolute atomic E-state index is 11.8. The lowest BCUT2D eigenvalue weighted by Crippen LogP contribution is -2.17. The summed E-state index contributed by atoms with van der Waals surface area (Å²) >= 11 is 6.05. The predicted octanol–water partition coefficient (Wildman–Crippen LogP) is 4.79. The fourth-order valence-electron chi connectivity index (χ4n) is 2.05. The Bertz CT molecular complexity index is 788. The van der Waals surface area contributed by atoms with E-state index in [4.69, 9.17) is 16.3 Å². The van der Waals surface area contributed by atoms with Crippen LogP contribution in [-0.2, 0) is 4.79 Å². The van der Waals surface area contributed by atoms with E-state index in [1.807, 2.05) is 20.8 Å². The normalized spacial score (nSPS) is 11.1. The molecule has 5 nitrogen and oxygen atoms in total. The van der Waals surface area contributed by atoms with Crippen molar-refractivity contribution in [1.29, 1.82) is 0 Å². The van der Waals surface area contributed by atoms with Crippen LogP contribution in [0.25, 0.3) is 0 Å². The lowest BCUT2D eigenvalue weighted by molar-refractivity contribution is -0.118. The van der Waals surface area contributed by atoms with Gasteiger partial charge in [-0.25, -0.2) is 0 Å². The van der Waals surface area contributed by atoms with Gasteiger partial charge in [-0.15, -0.1) is 0 Å². The van der Waals surface area contributed by atoms with E-state index >= 15 is 0 Å². The minimum Gasteiger partial charge on any atom is -0.504 e. The maximum atomic E-state index is 11.8. The molecule has 0 heterocycles. The molecule has 0 aliphatic rings. The van der Waals surface area contributed by atoms with Gasteiger partial charge in [-0.1, -0.05) is 31.5 Å². The summed E-state index contributed by atoms with van der Waals surface area (Å²) in [5.41, 5.74) is 1.75. The van der Waals surface area contributed by atoms with Crippen LogP contribution in [-0.4, -0.2) is 23.8 Å². The first-order valence-electron chi connectivity index (χ1n) is 8.01. The molecule has 2 aromatic rings. The quantitative estimate of drug-likeness (QED) is 0.727. The van der Waals surface area contributed by atoms with Gasteiger partial charge in [0.25, 0.3) is 0 Å². The summed E-state index contributed by atoms with van der Waals surface area (Å²) < 4.78 is 5.35. The largest absolute Gasteiger partial charge is 0.504 e. The van der Waals surface area contributed by atoms with Crippen molar-refractivity contribution in [3.8, 4) is 11.5 Å². The standard InChI is InChI=1S/C19H21ClN2O3/c1-4-25-17-9-14(20)8-13(18(17)23)11-21-15-6-5-7-16(10-15)22-19(24)12(2)3/h5-12,23H,4H2,1-3H3,(H,22,24). The number of aromatic hydroxyl groups is 1. The summed E-state index contributed by atoms with van der Waals surface area (Å²) in [4.78, 5) is 16.1. The van der Waals surface area contributed by atoms with E-state index in [0.717, 1.165) is 0 Å². The molecule has 0 aromatic heterocycles. The number of phenols is 1. The molecule has 0 spiro atoms. The second-order valence-electron chi connectivity index (χ2n) is 5.73. The summed E-state index contributed by atoms with van der Waals surface area (Å²) in [6.45, 7) is 5.90. The highest BCUT2D eigenvalue weighted by Crippen LogP contribution is 2.33. The SMILES string of the molecule is CCOc1cc(Cl)cc(C=Nc2cccc(NC(=O)C(C)C)c2)c1O. The Balaban J connectivity index is 2.24. The molecule has 0 aliphatic carbocycles. The van der Waals surface area contributed by atoms with Crippen molar-refractivity contribution < 1.29 is 14.6 Å². The molecular weight excluding hydrogens is 340 g/mol. The van der Waals surface area contributed by atoms with Gasteiger partial charge in [0.2, 0.25) is 5.91 Å². The van der Waals surface area contributed by atoms with E-state index in [1.165, 1.54) is 6.21 Å². The molecule has 2 aromatic carbocycles. The van der Waals surface area contributed by atoms with E-state index in [0.29, 0.717) is 34.3 Å². The van der Waals surface area contributed by atoms with Gasteiger partial charge in [0, 0.05) is 34.5 Å². The van der Waals surface area contributed by atoms with Gasteiger partial charge in [-0.3, -0.25) is 9.79 Å². The number of nitrogens with zero attached hydrogens (tertiary/aromatic N) is 1. The number of halogens is 1. The minimum atomic E-state index is -0.104. The number of anilines is 1. The molecule has 2 rings (SSSR count). The van der Waals surface area contributed by atoms with Crippen LogP contribution in [0.1, 0.15) is 26.3 Å². The Kier molecular flexibility index (Phi) is 6.42. The van der Waals surface area contributed by atoms with Crippen molar-refractivity contribution in [3.63, 3.8) is 0 Å². The lowest BCUT2D eigenvalue weighted by atomic mass is 10.2. The number of rotatable bonds is 6. The molecule has 0 fully saturated rings. The van der Waals surface area contributed by atoms with Crippen molar-refractivity contribution >= 4 is 35.1 Å². The van der Waals surface area contributed by atoms with Gasteiger partial charge < -0.3 is 15.2 Å². The highest BCUT2D eigenvalue weighted by Gasteiger charge is 2.09. The van der Waals surface area contributed by atoms with Gasteiger partial charge in [0.1, 0.15) is 0 Å². The van der Waals surface area contributed by atoms with Crippen LogP contribution in [0, 0.1) is 5.92 Å². The van der Waals surface area contributed by atoms with E-state index in [9.17, 15) is 9.90 Å². The number of carbonyl (C=O) groups excluding carboxylic acids is 1. The molecule has 0 atom stereocenters. The number of ether oxygens (including phenoxy) is 1. The average Bonchev–Trinajstić information content (AvgIpc) is 2.57. The van der Waals surface area contributed by atoms with Crippen LogP contribution in [0.2, 0.25) is 5.02 Å². The number of hydrogen-bond acceptors (Lipinski definition) is 4. The Morgan fingerprint density at radius 3 is 2.80 bits per heavy atom. The molecule has 132 valence electrons. The smallest absolute Gasteiger partial charge is 0.226 e. The molecule has 0 saturated heterocycles. The number of amides is 1. The summed E-state index contributed by atoms with van der Waals surface area (Å²) in [5, 5.41) is 13.5. The molecule has 0 bridgehead atoms. The summed E-state index contributed by atoms with van der Waals surface area (Å²) in [6, 6.07) is 10.3. The average molecular weight is 361 g/mol. The highest BCUT2D eigenvalue weighted by molar-refractivity contribution is 6.31. The number of hydrogen-bond donors (Lipinski definition) is 2. The van der Waals surface area contributed by atoms with E-state index in [1.54, 1.807) is 36.4 Å². The third-order valence-electron chi connectivity index (χ3n) is 3.36. The van der Waals surface area contributed by atoms with Crippen LogP contribution in [0.5, 0.6) is 11.5 Å². The molecule has 6 heteroatoms. The first-order chi connectivity index (χ1) is 11.9. The van der Waals surface area contributed by atoms with Crippen molar-refractivity contribution in [2.24, 2.45) is 10.9 Å². The maximum Gasteiger partial charge on any atom is 0.226 e. The minimum absolute atomic E-state index is 0.0146. The number of phenolic OH excluding ortho intramolecular Hbond substituents is 1. The van der Waals surface area contributed by atoms with Crippen LogP contribution in [0.4, 0.5) is 11.4 Å². The second-order valence-corrected chi connectivity index (χ2v) is 6.16. The second kappa shape index (κ2) is 8.53. The third kappa shape index (κ3) is 5.22. The zero-order chi connectivity index (χ0) is 18.4. The summed E-state index contributed by atoms with van der Waals surface area (Å²) in [5.74, 6) is 0.135. The topological polar surface area (TPSA) is 70.9 Å². The summed E-state index contributed by atoms with van der Waals surface area (Å²) in [6.07, 6.45) is 1.51. The Morgan fingerprint density at radius 2 is 2.12 bits per heavy atom. The van der Waals surface area contributed by atoms with Gasteiger partial charge in [-0.05, 0) is 31.2 Å². The van der Waals surface area contributed by atoms with Gasteiger partial charge in [-0.2, -0.15) is 0 Å². The molecule has 2 N–H and O–H groups in total. The van der Waals surface area contributed by atoms with Crippen molar-refractivity contribution in [2.45, 2.75) is 20.8 Å². The monoisotopic (exact) mass is 360 g/mol. The Labute approximate surface area is 152 Å². The number of benzene rings is 2. The molecule has 0 aliphatic heterocycles. The molecule has 0 unspecified atom stereocenters. The van der Waals surface area contributed by atoms with Crippen molar-refractivity contribution in [1.82, 2.24) is 0 Å². The number of carbonyl (C=O) groups is 1. The van der Waals surface area contributed by atoms with Crippen LogP contribution >= 0.6 is 11.6 Å². The van der Waals surface area contributed by atoms with E-state index in [-0.39, 0.29) is 17.6 Å². The number of nitrogens with one attached hydrogen (secondary N) is 1. The molecular formula is C19H21ClN2O3. The molecule has 25 heavy (non-hydrogen) atoms. The van der Waals surface area contributed by atoms with Crippen LogP contribution in [0.15, 0.2) is 41.4 Å². The van der Waals surface area contributed by atoms with Crippen molar-refractivity contribution in [3.05, 3.63) is 47.0 Å². The van der Waals surface area contributed by atoms with Gasteiger partial charge in [0.15, 0.2) is 11.5 Å². The number of aliphatic imine (C=N–C) groups is 1. The fraction of sp³-hybridized carbons (Fsp3) is 0.263. The zero-order valence-corrected chi connectivity index (χ0v) is 15.2. The highest BCUT2D eigenvalue weighted by atomic mass is 35.5. The molecule has 1 amide bonds. The van der Waals surface area contributed by atoms with E-state index < -0.39 is 0 Å². The third-order valence-corrected chi connectivity index (χ3v) is 3.58. The molecule has 0 radical (unpaired) electrons. The first kappa shape index (κ1) is 18.8. The fourth-order valence-corrected chi connectivity index (χ4v) is 2.27. The van der Waals surface area contributed by atoms with Crippen LogP contribution in [0.3, 0.4) is 0 Å². The Hall–Kier alpha value is -2.53. The Morgan fingerprint density at radius 1 is 1.36 bits per heavy atom. The van der Waals surface area contributed by atoms with Gasteiger partial charge >= 0.3 is 0 Å². The van der Waals surface area contributed by atoms with Crippen LogP contribution < -0.4 is 10.1 Å². The predicted molar refractivity (Wildman–Crippen MR) is 101 cm³/mol. The lowest BCUT2D eigenvalue weighted by Gasteiger charge is -2.09. The zero-order valence-electron chi connectivity index (χ0n) is 14.4. The summed E-state index contributed by atoms with van der Waals surface area (Å²) in [7, 11) is 0. The first-order valence-corrected chi connectivity index (χ1v) is 8.38. The van der Waals surface area contributed by atoms with Gasteiger partial charge in [0.05, 0.1) is 12.3 Å². The molecule has 0 saturated carbocycles. The van der Waals surface area contributed by atoms with Crippen molar-refractivity contribution in [2.75, 3.05) is 11.9 Å². The van der Waals surface area contributed by atoms with E-state index in [2.05, 4.69) is 10.3 Å².